The molecule has 78 valence electrons. The van der Waals surface area contributed by atoms with Gasteiger partial charge >= 0.3 is 0 Å². The van der Waals surface area contributed by atoms with Crippen LogP contribution in [-0.2, 0) is 10.0 Å². The van der Waals surface area contributed by atoms with Gasteiger partial charge < -0.3 is 5.73 Å². The van der Waals surface area contributed by atoms with E-state index in [-0.39, 0.29) is 12.3 Å². The summed E-state index contributed by atoms with van der Waals surface area (Å²) < 4.78 is 24.7. The SMILES string of the molecule is CC1CN(S(=O)(=O)CCN)CCS1. The van der Waals surface area contributed by atoms with E-state index < -0.39 is 10.0 Å². The van der Waals surface area contributed by atoms with Gasteiger partial charge in [-0.2, -0.15) is 16.1 Å². The van der Waals surface area contributed by atoms with E-state index in [2.05, 4.69) is 6.92 Å². The summed E-state index contributed by atoms with van der Waals surface area (Å²) in [7, 11) is -3.07. The molecule has 0 aromatic heterocycles. The summed E-state index contributed by atoms with van der Waals surface area (Å²) in [6, 6.07) is 0. The Balaban J connectivity index is 2.60. The first-order valence-electron chi connectivity index (χ1n) is 4.36. The van der Waals surface area contributed by atoms with Crippen LogP contribution in [0.4, 0.5) is 0 Å². The molecule has 0 amide bonds. The Morgan fingerprint density at radius 2 is 2.31 bits per heavy atom. The zero-order chi connectivity index (χ0) is 9.90. The second-order valence-corrected chi connectivity index (χ2v) is 6.78. The molecular formula is C7H16N2O2S2. The minimum absolute atomic E-state index is 0.0738. The van der Waals surface area contributed by atoms with Gasteiger partial charge in [0, 0.05) is 30.6 Å². The number of nitrogens with two attached hydrogens (primary N) is 1. The summed E-state index contributed by atoms with van der Waals surface area (Å²) in [6.07, 6.45) is 0. The Hall–Kier alpha value is 0.220. The second kappa shape index (κ2) is 4.63. The average molecular weight is 224 g/mol. The van der Waals surface area contributed by atoms with Crippen molar-refractivity contribution in [3.05, 3.63) is 0 Å². The molecular weight excluding hydrogens is 208 g/mol. The molecule has 0 spiro atoms. The fourth-order valence-electron chi connectivity index (χ4n) is 1.32. The van der Waals surface area contributed by atoms with Gasteiger partial charge in [0.1, 0.15) is 0 Å². The van der Waals surface area contributed by atoms with Crippen molar-refractivity contribution in [3.63, 3.8) is 0 Å². The molecule has 13 heavy (non-hydrogen) atoms. The van der Waals surface area contributed by atoms with Crippen LogP contribution in [0.5, 0.6) is 0 Å². The first-order chi connectivity index (χ1) is 6.06. The Labute approximate surface area is 83.9 Å². The van der Waals surface area contributed by atoms with Gasteiger partial charge in [0.2, 0.25) is 10.0 Å². The lowest BCUT2D eigenvalue weighted by Crippen LogP contribution is -2.43. The fourth-order valence-corrected chi connectivity index (χ4v) is 3.92. The Morgan fingerprint density at radius 1 is 1.62 bits per heavy atom. The maximum Gasteiger partial charge on any atom is 0.215 e. The summed E-state index contributed by atoms with van der Waals surface area (Å²) in [4.78, 5) is 0. The topological polar surface area (TPSA) is 63.4 Å². The molecule has 0 aromatic carbocycles. The summed E-state index contributed by atoms with van der Waals surface area (Å²) in [6.45, 7) is 3.53. The second-order valence-electron chi connectivity index (χ2n) is 3.14. The molecule has 1 rings (SSSR count). The smallest absolute Gasteiger partial charge is 0.215 e. The van der Waals surface area contributed by atoms with E-state index in [4.69, 9.17) is 5.73 Å². The van der Waals surface area contributed by atoms with Gasteiger partial charge in [-0.3, -0.25) is 0 Å². The molecule has 0 radical (unpaired) electrons. The van der Waals surface area contributed by atoms with E-state index in [1.165, 1.54) is 0 Å². The van der Waals surface area contributed by atoms with Crippen molar-refractivity contribution in [2.24, 2.45) is 5.73 Å². The molecule has 1 aliphatic rings. The van der Waals surface area contributed by atoms with Crippen molar-refractivity contribution >= 4 is 21.8 Å². The van der Waals surface area contributed by atoms with Gasteiger partial charge in [0.25, 0.3) is 0 Å². The van der Waals surface area contributed by atoms with Crippen LogP contribution >= 0.6 is 11.8 Å². The molecule has 1 fully saturated rings. The molecule has 1 atom stereocenters. The summed E-state index contributed by atoms with van der Waals surface area (Å²) in [5.74, 6) is 0.968. The number of rotatable bonds is 3. The summed E-state index contributed by atoms with van der Waals surface area (Å²) in [5, 5.41) is 0.404. The van der Waals surface area contributed by atoms with Crippen molar-refractivity contribution < 1.29 is 8.42 Å². The van der Waals surface area contributed by atoms with E-state index >= 15 is 0 Å². The molecule has 1 saturated heterocycles. The highest BCUT2D eigenvalue weighted by Crippen LogP contribution is 2.19. The number of nitrogens with zero attached hydrogens (tertiary/aromatic N) is 1. The van der Waals surface area contributed by atoms with E-state index in [0.717, 1.165) is 5.75 Å². The largest absolute Gasteiger partial charge is 0.329 e. The van der Waals surface area contributed by atoms with Gasteiger partial charge in [-0.15, -0.1) is 0 Å². The number of thioether (sulfide) groups is 1. The van der Waals surface area contributed by atoms with Crippen LogP contribution in [0.15, 0.2) is 0 Å². The van der Waals surface area contributed by atoms with Crippen molar-refractivity contribution in [2.75, 3.05) is 31.1 Å². The maximum absolute atomic E-state index is 11.6. The first kappa shape index (κ1) is 11.3. The van der Waals surface area contributed by atoms with Gasteiger partial charge in [-0.1, -0.05) is 6.92 Å². The van der Waals surface area contributed by atoms with Crippen LogP contribution in [0, 0.1) is 0 Å². The molecule has 0 aliphatic carbocycles. The third-order valence-electron chi connectivity index (χ3n) is 1.97. The van der Waals surface area contributed by atoms with Crippen molar-refractivity contribution in [3.8, 4) is 0 Å². The highest BCUT2D eigenvalue weighted by molar-refractivity contribution is 8.00. The van der Waals surface area contributed by atoms with E-state index in [1.807, 2.05) is 11.8 Å². The third-order valence-corrected chi connectivity index (χ3v) is 4.98. The molecule has 1 unspecified atom stereocenters. The number of hydrogen-bond acceptors (Lipinski definition) is 4. The third kappa shape index (κ3) is 3.12. The van der Waals surface area contributed by atoms with Gasteiger partial charge in [0.15, 0.2) is 0 Å². The molecule has 0 aromatic rings. The van der Waals surface area contributed by atoms with Crippen molar-refractivity contribution in [2.45, 2.75) is 12.2 Å². The molecule has 0 saturated carbocycles. The van der Waals surface area contributed by atoms with Crippen LogP contribution in [0.2, 0.25) is 0 Å². The molecule has 4 nitrogen and oxygen atoms in total. The van der Waals surface area contributed by atoms with Crippen LogP contribution in [0.1, 0.15) is 6.92 Å². The quantitative estimate of drug-likeness (QED) is 0.715. The minimum Gasteiger partial charge on any atom is -0.329 e. The highest BCUT2D eigenvalue weighted by Gasteiger charge is 2.26. The zero-order valence-corrected chi connectivity index (χ0v) is 9.40. The Bertz CT molecular complexity index is 253. The van der Waals surface area contributed by atoms with Crippen LogP contribution < -0.4 is 5.73 Å². The molecule has 0 bridgehead atoms. The highest BCUT2D eigenvalue weighted by atomic mass is 32.2. The van der Waals surface area contributed by atoms with Crippen LogP contribution in [0.3, 0.4) is 0 Å². The molecule has 2 N–H and O–H groups in total. The lowest BCUT2D eigenvalue weighted by Gasteiger charge is -2.29. The lowest BCUT2D eigenvalue weighted by atomic mass is 10.4. The minimum atomic E-state index is -3.07. The average Bonchev–Trinajstić information content (AvgIpc) is 2.04. The summed E-state index contributed by atoms with van der Waals surface area (Å²) >= 11 is 1.82. The van der Waals surface area contributed by atoms with Gasteiger partial charge in [-0.25, -0.2) is 8.42 Å². The predicted octanol–water partition coefficient (Wildman–Crippen LogP) is -0.288. The van der Waals surface area contributed by atoms with E-state index in [9.17, 15) is 8.42 Å². The fraction of sp³-hybridized carbons (Fsp3) is 1.00. The van der Waals surface area contributed by atoms with Crippen molar-refractivity contribution in [1.29, 1.82) is 0 Å². The number of sulfonamides is 1. The molecule has 1 aliphatic heterocycles. The number of hydrogen-bond donors (Lipinski definition) is 1. The van der Waals surface area contributed by atoms with Gasteiger partial charge in [0.05, 0.1) is 5.75 Å². The van der Waals surface area contributed by atoms with E-state index in [1.54, 1.807) is 4.31 Å². The van der Waals surface area contributed by atoms with E-state index in [0.29, 0.717) is 18.3 Å². The normalized spacial score (nSPS) is 26.2. The Kier molecular flexibility index (Phi) is 4.03. The monoisotopic (exact) mass is 224 g/mol. The first-order valence-corrected chi connectivity index (χ1v) is 7.01. The molecule has 1 heterocycles. The van der Waals surface area contributed by atoms with Crippen LogP contribution in [-0.4, -0.2) is 49.1 Å². The van der Waals surface area contributed by atoms with Crippen molar-refractivity contribution in [1.82, 2.24) is 4.31 Å². The predicted molar refractivity (Wildman–Crippen MR) is 56.3 cm³/mol. The maximum atomic E-state index is 11.6. The van der Waals surface area contributed by atoms with Crippen LogP contribution in [0.25, 0.3) is 0 Å². The Morgan fingerprint density at radius 3 is 2.85 bits per heavy atom. The van der Waals surface area contributed by atoms with Gasteiger partial charge in [-0.05, 0) is 0 Å². The zero-order valence-electron chi connectivity index (χ0n) is 7.77. The lowest BCUT2D eigenvalue weighted by molar-refractivity contribution is 0.424. The summed E-state index contributed by atoms with van der Waals surface area (Å²) in [5.41, 5.74) is 5.24. The molecule has 6 heteroatoms. The standard InChI is InChI=1S/C7H16N2O2S2/c1-7-6-9(3-4-12-7)13(10,11)5-2-8/h7H,2-6,8H2,1H3.